The number of anilines is 1. The molecule has 30 heavy (non-hydrogen) atoms. The van der Waals surface area contributed by atoms with Crippen molar-refractivity contribution in [3.63, 3.8) is 0 Å². The van der Waals surface area contributed by atoms with E-state index >= 15 is 0 Å². The summed E-state index contributed by atoms with van der Waals surface area (Å²) in [5, 5.41) is 3.04. The smallest absolute Gasteiger partial charge is 0.278 e. The van der Waals surface area contributed by atoms with Gasteiger partial charge in [0.1, 0.15) is 11.5 Å². The number of amides is 2. The topological polar surface area (TPSA) is 62.3 Å². The molecule has 0 fully saturated rings. The van der Waals surface area contributed by atoms with Crippen molar-refractivity contribution in [1.29, 1.82) is 0 Å². The van der Waals surface area contributed by atoms with Crippen LogP contribution in [0.5, 0.6) is 0 Å². The lowest BCUT2D eigenvalue weighted by atomic mass is 9.99. The van der Waals surface area contributed by atoms with Crippen LogP contribution in [0.3, 0.4) is 0 Å². The minimum atomic E-state index is -0.422. The van der Waals surface area contributed by atoms with Crippen LogP contribution in [-0.4, -0.2) is 21.7 Å². The molecule has 0 bridgehead atoms. The van der Waals surface area contributed by atoms with Gasteiger partial charge in [-0.1, -0.05) is 18.2 Å². The van der Waals surface area contributed by atoms with Crippen LogP contribution < -0.4 is 5.32 Å². The Bertz CT molecular complexity index is 1150. The van der Waals surface area contributed by atoms with E-state index in [1.807, 2.05) is 32.0 Å². The van der Waals surface area contributed by atoms with Crippen LogP contribution in [0.15, 0.2) is 72.7 Å². The van der Waals surface area contributed by atoms with Gasteiger partial charge in [-0.15, -0.1) is 0 Å². The van der Waals surface area contributed by atoms with E-state index in [0.717, 1.165) is 16.7 Å². The number of benzene rings is 2. The van der Waals surface area contributed by atoms with Gasteiger partial charge in [-0.3, -0.25) is 19.5 Å². The zero-order valence-corrected chi connectivity index (χ0v) is 16.6. The Morgan fingerprint density at radius 2 is 1.60 bits per heavy atom. The van der Waals surface area contributed by atoms with Crippen molar-refractivity contribution in [2.45, 2.75) is 20.4 Å². The van der Waals surface area contributed by atoms with Gasteiger partial charge in [-0.05, 0) is 72.5 Å². The molecule has 3 aromatic rings. The number of aryl methyl sites for hydroxylation is 2. The summed E-state index contributed by atoms with van der Waals surface area (Å²) in [6, 6.07) is 14.9. The number of nitrogens with one attached hydrogen (secondary N) is 1. The average Bonchev–Trinajstić information content (AvgIpc) is 2.97. The van der Waals surface area contributed by atoms with E-state index in [2.05, 4.69) is 10.3 Å². The zero-order chi connectivity index (χ0) is 21.3. The van der Waals surface area contributed by atoms with Crippen LogP contribution in [0, 0.1) is 19.7 Å². The van der Waals surface area contributed by atoms with E-state index in [9.17, 15) is 14.0 Å². The number of carbonyl (C=O) groups is 2. The molecule has 0 spiro atoms. The monoisotopic (exact) mass is 401 g/mol. The molecule has 2 amide bonds. The molecule has 0 atom stereocenters. The predicted molar refractivity (Wildman–Crippen MR) is 113 cm³/mol. The lowest BCUT2D eigenvalue weighted by Crippen LogP contribution is -2.32. The molecule has 1 aliphatic rings. The normalized spacial score (nSPS) is 13.9. The predicted octanol–water partition coefficient (Wildman–Crippen LogP) is 4.23. The SMILES string of the molecule is Cc1ccc(C2=C(Nc3ccc(F)cc3)C(=O)N(Cc3ccncc3)C2=O)cc1C. The minimum Gasteiger partial charge on any atom is -0.350 e. The summed E-state index contributed by atoms with van der Waals surface area (Å²) in [7, 11) is 0. The molecule has 0 saturated heterocycles. The maximum Gasteiger partial charge on any atom is 0.278 e. The van der Waals surface area contributed by atoms with E-state index in [-0.39, 0.29) is 24.0 Å². The summed E-state index contributed by atoms with van der Waals surface area (Å²) in [5.41, 5.74) is 4.60. The largest absolute Gasteiger partial charge is 0.350 e. The van der Waals surface area contributed by atoms with Crippen molar-refractivity contribution in [3.8, 4) is 0 Å². The van der Waals surface area contributed by atoms with Crippen molar-refractivity contribution in [1.82, 2.24) is 9.88 Å². The van der Waals surface area contributed by atoms with Crippen molar-refractivity contribution in [2.24, 2.45) is 0 Å². The number of pyridine rings is 1. The second-order valence-electron chi connectivity index (χ2n) is 7.23. The molecule has 1 aliphatic heterocycles. The number of carbonyl (C=O) groups excluding carboxylic acids is 2. The summed E-state index contributed by atoms with van der Waals surface area (Å²) in [6.07, 6.45) is 3.24. The minimum absolute atomic E-state index is 0.142. The molecule has 5 nitrogen and oxygen atoms in total. The summed E-state index contributed by atoms with van der Waals surface area (Å²) < 4.78 is 13.3. The van der Waals surface area contributed by atoms with E-state index in [0.29, 0.717) is 16.8 Å². The first-order chi connectivity index (χ1) is 14.4. The van der Waals surface area contributed by atoms with E-state index in [1.54, 1.807) is 24.5 Å². The quantitative estimate of drug-likeness (QED) is 0.650. The fourth-order valence-electron chi connectivity index (χ4n) is 3.35. The molecule has 1 aromatic heterocycles. The zero-order valence-electron chi connectivity index (χ0n) is 16.6. The Hall–Kier alpha value is -3.80. The highest BCUT2D eigenvalue weighted by atomic mass is 19.1. The Kier molecular flexibility index (Phi) is 5.14. The molecule has 150 valence electrons. The summed E-state index contributed by atoms with van der Waals surface area (Å²) in [4.78, 5) is 31.7. The second kappa shape index (κ2) is 7.91. The van der Waals surface area contributed by atoms with Crippen molar-refractivity contribution >= 4 is 23.1 Å². The molecular weight excluding hydrogens is 381 g/mol. The molecule has 1 N–H and O–H groups in total. The molecule has 0 aliphatic carbocycles. The number of nitrogens with zero attached hydrogens (tertiary/aromatic N) is 2. The van der Waals surface area contributed by atoms with Crippen molar-refractivity contribution < 1.29 is 14.0 Å². The number of halogens is 1. The number of hydrogen-bond donors (Lipinski definition) is 1. The molecule has 0 unspecified atom stereocenters. The van der Waals surface area contributed by atoms with Crippen LogP contribution in [0.25, 0.3) is 5.57 Å². The third-order valence-corrected chi connectivity index (χ3v) is 5.17. The maximum absolute atomic E-state index is 13.3. The second-order valence-corrected chi connectivity index (χ2v) is 7.23. The lowest BCUT2D eigenvalue weighted by Gasteiger charge is -2.15. The van der Waals surface area contributed by atoms with Crippen LogP contribution in [0.4, 0.5) is 10.1 Å². The first kappa shape index (κ1) is 19.5. The summed E-state index contributed by atoms with van der Waals surface area (Å²) >= 11 is 0. The van der Waals surface area contributed by atoms with Gasteiger partial charge >= 0.3 is 0 Å². The van der Waals surface area contributed by atoms with Gasteiger partial charge in [0.25, 0.3) is 11.8 Å². The van der Waals surface area contributed by atoms with E-state index in [4.69, 9.17) is 0 Å². The van der Waals surface area contributed by atoms with E-state index in [1.165, 1.54) is 29.2 Å². The maximum atomic E-state index is 13.3. The van der Waals surface area contributed by atoms with Gasteiger partial charge in [0.2, 0.25) is 0 Å². The van der Waals surface area contributed by atoms with Crippen molar-refractivity contribution in [3.05, 3.63) is 101 Å². The average molecular weight is 401 g/mol. The molecular formula is C24H20FN3O2. The number of hydrogen-bond acceptors (Lipinski definition) is 4. The highest BCUT2D eigenvalue weighted by Gasteiger charge is 2.39. The van der Waals surface area contributed by atoms with Crippen LogP contribution in [-0.2, 0) is 16.1 Å². The molecule has 6 heteroatoms. The van der Waals surface area contributed by atoms with Crippen molar-refractivity contribution in [2.75, 3.05) is 5.32 Å². The molecule has 4 rings (SSSR count). The van der Waals surface area contributed by atoms with Gasteiger partial charge < -0.3 is 5.32 Å². The third kappa shape index (κ3) is 3.72. The number of rotatable bonds is 5. The Balaban J connectivity index is 1.76. The van der Waals surface area contributed by atoms with Gasteiger partial charge in [0, 0.05) is 18.1 Å². The fraction of sp³-hybridized carbons (Fsp3) is 0.125. The van der Waals surface area contributed by atoms with Gasteiger partial charge in [0.15, 0.2) is 0 Å². The third-order valence-electron chi connectivity index (χ3n) is 5.17. The standard InChI is InChI=1S/C24H20FN3O2/c1-15-3-4-18(13-16(15)2)21-22(27-20-7-5-19(25)6-8-20)24(30)28(23(21)29)14-17-9-11-26-12-10-17/h3-13,27H,14H2,1-2H3. The molecule has 0 saturated carbocycles. The van der Waals surface area contributed by atoms with E-state index < -0.39 is 5.91 Å². The van der Waals surface area contributed by atoms with Crippen LogP contribution in [0.2, 0.25) is 0 Å². The lowest BCUT2D eigenvalue weighted by molar-refractivity contribution is -0.137. The van der Waals surface area contributed by atoms with Gasteiger partial charge in [0.05, 0.1) is 12.1 Å². The summed E-state index contributed by atoms with van der Waals surface area (Å²) in [5.74, 6) is -1.17. The number of aromatic nitrogens is 1. The first-order valence-corrected chi connectivity index (χ1v) is 9.53. The Morgan fingerprint density at radius 3 is 2.27 bits per heavy atom. The molecule has 2 heterocycles. The molecule has 0 radical (unpaired) electrons. The Labute approximate surface area is 173 Å². The highest BCUT2D eigenvalue weighted by molar-refractivity contribution is 6.36. The fourth-order valence-corrected chi connectivity index (χ4v) is 3.35. The first-order valence-electron chi connectivity index (χ1n) is 9.53. The number of imide groups is 1. The Morgan fingerprint density at radius 1 is 0.900 bits per heavy atom. The summed E-state index contributed by atoms with van der Waals surface area (Å²) in [6.45, 7) is 4.09. The van der Waals surface area contributed by atoms with Gasteiger partial charge in [-0.25, -0.2) is 4.39 Å². The van der Waals surface area contributed by atoms with Crippen LogP contribution >= 0.6 is 0 Å². The molecule has 2 aromatic carbocycles. The highest BCUT2D eigenvalue weighted by Crippen LogP contribution is 2.32. The van der Waals surface area contributed by atoms with Crippen LogP contribution in [0.1, 0.15) is 22.3 Å². The van der Waals surface area contributed by atoms with Gasteiger partial charge in [-0.2, -0.15) is 0 Å².